The largest absolute Gasteiger partial charge is 0.475 e. The maximum atomic E-state index is 13.6. The van der Waals surface area contributed by atoms with Crippen LogP contribution in [-0.2, 0) is 20.8 Å². The summed E-state index contributed by atoms with van der Waals surface area (Å²) in [7, 11) is 1.69. The Hall–Kier alpha value is -4.25. The molecular formula is C32H40N6O5. The number of carboxylic acid groups (broad SMARTS) is 1. The molecule has 2 heterocycles. The van der Waals surface area contributed by atoms with Crippen molar-refractivity contribution in [2.75, 3.05) is 36.9 Å². The van der Waals surface area contributed by atoms with E-state index in [1.165, 1.54) is 37.8 Å². The predicted molar refractivity (Wildman–Crippen MR) is 164 cm³/mol. The Balaban J connectivity index is 1.29. The number of aromatic nitrogens is 2. The minimum atomic E-state index is -1.17. The number of carboxylic acids is 1. The molecule has 4 N–H and O–H groups in total. The molecular weight excluding hydrogens is 548 g/mol. The Labute approximate surface area is 251 Å². The quantitative estimate of drug-likeness (QED) is 0.282. The van der Waals surface area contributed by atoms with Gasteiger partial charge in [0.15, 0.2) is 0 Å². The molecule has 2 aliphatic rings. The van der Waals surface area contributed by atoms with Crippen molar-refractivity contribution in [3.05, 3.63) is 53.9 Å². The van der Waals surface area contributed by atoms with Crippen LogP contribution in [0.5, 0.6) is 0 Å². The van der Waals surface area contributed by atoms with Crippen molar-refractivity contribution in [1.29, 1.82) is 0 Å². The number of likely N-dealkylation sites (tertiary alicyclic amines) is 1. The molecule has 2 aromatic carbocycles. The molecule has 2 fully saturated rings. The second-order valence-corrected chi connectivity index (χ2v) is 11.9. The molecule has 0 bridgehead atoms. The van der Waals surface area contributed by atoms with Crippen molar-refractivity contribution in [3.63, 3.8) is 0 Å². The molecule has 1 aliphatic carbocycles. The normalized spacial score (nSPS) is 19.6. The van der Waals surface area contributed by atoms with Crippen LogP contribution in [0, 0.1) is 11.8 Å². The molecule has 3 aromatic rings. The molecule has 43 heavy (non-hydrogen) atoms. The van der Waals surface area contributed by atoms with Gasteiger partial charge in [0.2, 0.25) is 23.5 Å². The highest BCUT2D eigenvalue weighted by Gasteiger charge is 2.31. The molecule has 1 aliphatic heterocycles. The van der Waals surface area contributed by atoms with Gasteiger partial charge in [0, 0.05) is 44.2 Å². The molecule has 11 nitrogen and oxygen atoms in total. The standard InChI is InChI=1S/C32H40N6O5/c1-20(39)37(2)25-7-5-6-22(16-25)17-28(31(41)33-24-12-13-26-27(18-24)35-29(34-26)32(42)43)36-30(40)23-10-8-21(9-11-23)19-38-14-3-4-15-38/h5-7,12-13,16,18,21,23,28H,3-4,8-11,14-15,17,19H2,1-2H3,(H,33,41)(H,34,35)(H,36,40)(H,42,43)/t21?,23?,28-/m0/s1. The second-order valence-electron chi connectivity index (χ2n) is 11.9. The number of carbonyl (C=O) groups is 4. The van der Waals surface area contributed by atoms with Crippen molar-refractivity contribution in [3.8, 4) is 0 Å². The second kappa shape index (κ2) is 13.4. The highest BCUT2D eigenvalue weighted by Crippen LogP contribution is 2.30. The molecule has 1 saturated carbocycles. The number of rotatable bonds is 10. The number of imidazole rings is 1. The lowest BCUT2D eigenvalue weighted by Crippen LogP contribution is -2.48. The van der Waals surface area contributed by atoms with Crippen LogP contribution in [-0.4, -0.2) is 76.4 Å². The highest BCUT2D eigenvalue weighted by molar-refractivity contribution is 5.99. The summed E-state index contributed by atoms with van der Waals surface area (Å²) in [6.45, 7) is 4.95. The van der Waals surface area contributed by atoms with Crippen molar-refractivity contribution in [2.45, 2.75) is 57.9 Å². The van der Waals surface area contributed by atoms with E-state index >= 15 is 0 Å². The number of benzene rings is 2. The van der Waals surface area contributed by atoms with Crippen LogP contribution in [0.2, 0.25) is 0 Å². The van der Waals surface area contributed by atoms with Crippen LogP contribution in [0.1, 0.15) is 61.6 Å². The first-order chi connectivity index (χ1) is 20.7. The highest BCUT2D eigenvalue weighted by atomic mass is 16.4. The Kier molecular flexibility index (Phi) is 9.40. The van der Waals surface area contributed by atoms with Crippen LogP contribution in [0.25, 0.3) is 11.0 Å². The van der Waals surface area contributed by atoms with Gasteiger partial charge in [0.25, 0.3) is 0 Å². The molecule has 0 unspecified atom stereocenters. The fourth-order valence-electron chi connectivity index (χ4n) is 6.16. The Morgan fingerprint density at radius 1 is 1.07 bits per heavy atom. The minimum absolute atomic E-state index is 0.111. The molecule has 3 amide bonds. The molecule has 228 valence electrons. The van der Waals surface area contributed by atoms with Gasteiger partial charge in [-0.1, -0.05) is 12.1 Å². The minimum Gasteiger partial charge on any atom is -0.475 e. The summed E-state index contributed by atoms with van der Waals surface area (Å²) in [5.41, 5.74) is 2.89. The third-order valence-corrected chi connectivity index (χ3v) is 8.73. The number of carbonyl (C=O) groups excluding carboxylic acids is 3. The van der Waals surface area contributed by atoms with Gasteiger partial charge >= 0.3 is 5.97 Å². The van der Waals surface area contributed by atoms with Crippen molar-refractivity contribution >= 4 is 46.1 Å². The lowest BCUT2D eigenvalue weighted by Gasteiger charge is -2.31. The number of hydrogen-bond donors (Lipinski definition) is 4. The maximum absolute atomic E-state index is 13.6. The fraction of sp³-hybridized carbons (Fsp3) is 0.469. The topological polar surface area (TPSA) is 148 Å². The van der Waals surface area contributed by atoms with E-state index in [1.807, 2.05) is 24.3 Å². The number of nitrogens with zero attached hydrogens (tertiary/aromatic N) is 3. The maximum Gasteiger partial charge on any atom is 0.371 e. The summed E-state index contributed by atoms with van der Waals surface area (Å²) >= 11 is 0. The molecule has 11 heteroatoms. The molecule has 1 aromatic heterocycles. The van der Waals surface area contributed by atoms with Crippen LogP contribution >= 0.6 is 0 Å². The summed E-state index contributed by atoms with van der Waals surface area (Å²) in [6, 6.07) is 11.4. The first-order valence-electron chi connectivity index (χ1n) is 15.1. The summed E-state index contributed by atoms with van der Waals surface area (Å²) in [4.78, 5) is 61.2. The van der Waals surface area contributed by atoms with Gasteiger partial charge in [-0.05, 0) is 93.4 Å². The zero-order chi connectivity index (χ0) is 30.5. The zero-order valence-corrected chi connectivity index (χ0v) is 24.8. The summed E-state index contributed by atoms with van der Waals surface area (Å²) in [5, 5.41) is 15.2. The van der Waals surface area contributed by atoms with E-state index < -0.39 is 17.9 Å². The molecule has 5 rings (SSSR count). The van der Waals surface area contributed by atoms with Crippen LogP contribution < -0.4 is 15.5 Å². The van der Waals surface area contributed by atoms with E-state index in [1.54, 1.807) is 25.2 Å². The fourth-order valence-corrected chi connectivity index (χ4v) is 6.16. The lowest BCUT2D eigenvalue weighted by atomic mass is 9.81. The Bertz CT molecular complexity index is 1490. The number of amides is 3. The van der Waals surface area contributed by atoms with Gasteiger partial charge in [0.05, 0.1) is 11.0 Å². The van der Waals surface area contributed by atoms with Gasteiger partial charge in [-0.25, -0.2) is 9.78 Å². The van der Waals surface area contributed by atoms with Gasteiger partial charge in [-0.3, -0.25) is 14.4 Å². The van der Waals surface area contributed by atoms with Crippen LogP contribution in [0.15, 0.2) is 42.5 Å². The van der Waals surface area contributed by atoms with Gasteiger partial charge in [-0.2, -0.15) is 0 Å². The number of aromatic carboxylic acids is 1. The molecule has 0 radical (unpaired) electrons. The van der Waals surface area contributed by atoms with Crippen LogP contribution in [0.4, 0.5) is 11.4 Å². The molecule has 1 saturated heterocycles. The van der Waals surface area contributed by atoms with E-state index in [9.17, 15) is 24.3 Å². The summed E-state index contributed by atoms with van der Waals surface area (Å²) in [5.74, 6) is -1.51. The number of aromatic amines is 1. The smallest absolute Gasteiger partial charge is 0.371 e. The van der Waals surface area contributed by atoms with E-state index in [0.717, 1.165) is 37.8 Å². The van der Waals surface area contributed by atoms with Gasteiger partial charge in [0.1, 0.15) is 6.04 Å². The summed E-state index contributed by atoms with van der Waals surface area (Å²) in [6.07, 6.45) is 6.40. The van der Waals surface area contributed by atoms with Crippen molar-refractivity contribution < 1.29 is 24.3 Å². The van der Waals surface area contributed by atoms with Gasteiger partial charge in [-0.15, -0.1) is 0 Å². The Morgan fingerprint density at radius 2 is 1.81 bits per heavy atom. The van der Waals surface area contributed by atoms with Crippen molar-refractivity contribution in [2.24, 2.45) is 11.8 Å². The first-order valence-corrected chi connectivity index (χ1v) is 15.1. The zero-order valence-electron chi connectivity index (χ0n) is 24.8. The van der Waals surface area contributed by atoms with E-state index in [-0.39, 0.29) is 30.0 Å². The van der Waals surface area contributed by atoms with E-state index in [2.05, 4.69) is 25.5 Å². The number of nitrogens with one attached hydrogen (secondary N) is 3. The van der Waals surface area contributed by atoms with Crippen molar-refractivity contribution in [1.82, 2.24) is 20.2 Å². The van der Waals surface area contributed by atoms with Gasteiger partial charge < -0.3 is 30.5 Å². The number of fused-ring (bicyclic) bond motifs is 1. The number of anilines is 2. The molecule has 1 atom stereocenters. The SMILES string of the molecule is CC(=O)N(C)c1cccc(C[C@H](NC(=O)C2CCC(CN3CCCC3)CC2)C(=O)Nc2ccc3nc(C(=O)O)[nH]c3c2)c1. The molecule has 0 spiro atoms. The number of hydrogen-bond acceptors (Lipinski definition) is 6. The van der Waals surface area contributed by atoms with E-state index in [0.29, 0.717) is 28.3 Å². The summed E-state index contributed by atoms with van der Waals surface area (Å²) < 4.78 is 0. The first kappa shape index (κ1) is 30.2. The third kappa shape index (κ3) is 7.59. The average Bonchev–Trinajstić information content (AvgIpc) is 3.67. The van der Waals surface area contributed by atoms with E-state index in [4.69, 9.17) is 0 Å². The monoisotopic (exact) mass is 588 g/mol. The lowest BCUT2D eigenvalue weighted by molar-refractivity contribution is -0.130. The predicted octanol–water partition coefficient (Wildman–Crippen LogP) is 3.81. The third-order valence-electron chi connectivity index (χ3n) is 8.73. The van der Waals surface area contributed by atoms with Crippen LogP contribution in [0.3, 0.4) is 0 Å². The Morgan fingerprint density at radius 3 is 2.51 bits per heavy atom. The average molecular weight is 589 g/mol. The number of H-pyrrole nitrogens is 1.